The first-order valence-electron chi connectivity index (χ1n) is 7.32. The Balaban J connectivity index is 1.80. The van der Waals surface area contributed by atoms with Crippen molar-refractivity contribution >= 4 is 10.0 Å². The van der Waals surface area contributed by atoms with Crippen molar-refractivity contribution < 1.29 is 13.2 Å². The predicted octanol–water partition coefficient (Wildman–Crippen LogP) is 1.90. The van der Waals surface area contributed by atoms with Crippen molar-refractivity contribution in [3.8, 4) is 0 Å². The summed E-state index contributed by atoms with van der Waals surface area (Å²) in [7, 11) is -3.08. The van der Waals surface area contributed by atoms with Gasteiger partial charge in [0.2, 0.25) is 10.0 Å². The van der Waals surface area contributed by atoms with Gasteiger partial charge in [0.05, 0.1) is 24.0 Å². The van der Waals surface area contributed by atoms with Gasteiger partial charge in [-0.1, -0.05) is 25.7 Å². The molecule has 0 amide bonds. The maximum absolute atomic E-state index is 12.7. The van der Waals surface area contributed by atoms with Crippen LogP contribution >= 0.6 is 0 Å². The van der Waals surface area contributed by atoms with Crippen molar-refractivity contribution in [2.75, 3.05) is 13.2 Å². The third-order valence-corrected chi connectivity index (χ3v) is 7.15. The number of hydrogen-bond acceptors (Lipinski definition) is 3. The summed E-state index contributed by atoms with van der Waals surface area (Å²) < 4.78 is 33.0. The van der Waals surface area contributed by atoms with Gasteiger partial charge in [0.1, 0.15) is 0 Å². The molecule has 0 radical (unpaired) electrons. The van der Waals surface area contributed by atoms with E-state index >= 15 is 0 Å². The summed E-state index contributed by atoms with van der Waals surface area (Å²) in [6, 6.07) is 0.123. The summed E-state index contributed by atoms with van der Waals surface area (Å²) in [6.07, 6.45) is 8.35. The molecule has 5 heteroatoms. The van der Waals surface area contributed by atoms with Crippen LogP contribution in [0.25, 0.3) is 0 Å². The second-order valence-electron chi connectivity index (χ2n) is 5.82. The van der Waals surface area contributed by atoms with Gasteiger partial charge in [0.15, 0.2) is 0 Å². The monoisotopic (exact) mass is 273 g/mol. The SMILES string of the molecule is O=S(=O)(C1CCCC1)N1CCOC2CCCCC21. The molecule has 2 aliphatic carbocycles. The first kappa shape index (κ1) is 12.9. The molecule has 104 valence electrons. The molecule has 0 aromatic rings. The summed E-state index contributed by atoms with van der Waals surface area (Å²) in [5.74, 6) is 0. The third-order valence-electron chi connectivity index (χ3n) is 4.73. The lowest BCUT2D eigenvalue weighted by Crippen LogP contribution is -2.56. The minimum atomic E-state index is -3.08. The van der Waals surface area contributed by atoms with Crippen LogP contribution in [-0.4, -0.2) is 43.3 Å². The first-order chi connectivity index (χ1) is 8.69. The van der Waals surface area contributed by atoms with Crippen LogP contribution in [0.4, 0.5) is 0 Å². The molecule has 2 unspecified atom stereocenters. The smallest absolute Gasteiger partial charge is 0.217 e. The summed E-state index contributed by atoms with van der Waals surface area (Å²) in [5, 5.41) is -0.113. The van der Waals surface area contributed by atoms with Gasteiger partial charge in [-0.05, 0) is 25.7 Å². The topological polar surface area (TPSA) is 46.6 Å². The van der Waals surface area contributed by atoms with Crippen LogP contribution in [0.2, 0.25) is 0 Å². The van der Waals surface area contributed by atoms with Crippen LogP contribution in [0.1, 0.15) is 51.4 Å². The van der Waals surface area contributed by atoms with E-state index in [-0.39, 0.29) is 17.4 Å². The fourth-order valence-corrected chi connectivity index (χ4v) is 6.01. The van der Waals surface area contributed by atoms with Crippen molar-refractivity contribution in [2.24, 2.45) is 0 Å². The van der Waals surface area contributed by atoms with Crippen LogP contribution in [0.15, 0.2) is 0 Å². The lowest BCUT2D eigenvalue weighted by atomic mass is 9.91. The Kier molecular flexibility index (Phi) is 3.65. The molecular formula is C13H23NO3S. The number of ether oxygens (including phenoxy) is 1. The average Bonchev–Trinajstić information content (AvgIpc) is 2.92. The number of hydrogen-bond donors (Lipinski definition) is 0. The normalized spacial score (nSPS) is 35.6. The second kappa shape index (κ2) is 5.10. The molecule has 3 aliphatic rings. The molecule has 1 saturated heterocycles. The Hall–Kier alpha value is -0.130. The minimum absolute atomic E-state index is 0.113. The third kappa shape index (κ3) is 2.21. The Morgan fingerprint density at radius 3 is 2.39 bits per heavy atom. The molecule has 1 aliphatic heterocycles. The number of sulfonamides is 1. The molecule has 2 atom stereocenters. The van der Waals surface area contributed by atoms with Gasteiger partial charge in [0, 0.05) is 6.54 Å². The largest absolute Gasteiger partial charge is 0.375 e. The zero-order valence-corrected chi connectivity index (χ0v) is 11.7. The second-order valence-corrected chi connectivity index (χ2v) is 7.99. The summed E-state index contributed by atoms with van der Waals surface area (Å²) in [5.41, 5.74) is 0. The summed E-state index contributed by atoms with van der Waals surface area (Å²) >= 11 is 0. The Labute approximate surface area is 110 Å². The van der Waals surface area contributed by atoms with Crippen molar-refractivity contribution in [3.63, 3.8) is 0 Å². The summed E-state index contributed by atoms with van der Waals surface area (Å²) in [6.45, 7) is 1.15. The maximum Gasteiger partial charge on any atom is 0.217 e. The predicted molar refractivity (Wildman–Crippen MR) is 69.9 cm³/mol. The number of nitrogens with zero attached hydrogens (tertiary/aromatic N) is 1. The Morgan fingerprint density at radius 1 is 0.944 bits per heavy atom. The van der Waals surface area contributed by atoms with E-state index in [1.165, 1.54) is 6.42 Å². The molecule has 3 fully saturated rings. The van der Waals surface area contributed by atoms with Gasteiger partial charge in [-0.15, -0.1) is 0 Å². The van der Waals surface area contributed by atoms with Crippen LogP contribution in [-0.2, 0) is 14.8 Å². The van der Waals surface area contributed by atoms with Crippen molar-refractivity contribution in [1.29, 1.82) is 0 Å². The molecule has 0 bridgehead atoms. The highest BCUT2D eigenvalue weighted by Crippen LogP contribution is 2.34. The molecule has 2 saturated carbocycles. The molecule has 0 aromatic carbocycles. The molecule has 0 spiro atoms. The number of morpholine rings is 1. The average molecular weight is 273 g/mol. The van der Waals surface area contributed by atoms with Gasteiger partial charge < -0.3 is 4.74 Å². The van der Waals surface area contributed by atoms with Gasteiger partial charge in [-0.3, -0.25) is 0 Å². The molecule has 1 heterocycles. The highest BCUT2D eigenvalue weighted by Gasteiger charge is 2.43. The van der Waals surface area contributed by atoms with Crippen molar-refractivity contribution in [2.45, 2.75) is 68.8 Å². The maximum atomic E-state index is 12.7. The van der Waals surface area contributed by atoms with E-state index in [9.17, 15) is 8.42 Å². The van der Waals surface area contributed by atoms with Crippen molar-refractivity contribution in [1.82, 2.24) is 4.31 Å². The van der Waals surface area contributed by atoms with E-state index < -0.39 is 10.0 Å². The number of fused-ring (bicyclic) bond motifs is 1. The van der Waals surface area contributed by atoms with E-state index in [1.807, 2.05) is 0 Å². The van der Waals surface area contributed by atoms with E-state index in [4.69, 9.17) is 4.74 Å². The first-order valence-corrected chi connectivity index (χ1v) is 8.82. The molecule has 18 heavy (non-hydrogen) atoms. The van der Waals surface area contributed by atoms with Gasteiger partial charge in [-0.25, -0.2) is 8.42 Å². The van der Waals surface area contributed by atoms with Crippen LogP contribution in [0.5, 0.6) is 0 Å². The van der Waals surface area contributed by atoms with E-state index in [0.717, 1.165) is 44.9 Å². The van der Waals surface area contributed by atoms with Crippen LogP contribution < -0.4 is 0 Å². The number of rotatable bonds is 2. The molecular weight excluding hydrogens is 250 g/mol. The van der Waals surface area contributed by atoms with E-state index in [2.05, 4.69) is 0 Å². The highest BCUT2D eigenvalue weighted by molar-refractivity contribution is 7.89. The zero-order chi connectivity index (χ0) is 12.6. The molecule has 3 rings (SSSR count). The van der Waals surface area contributed by atoms with E-state index in [0.29, 0.717) is 13.2 Å². The molecule has 0 N–H and O–H groups in total. The lowest BCUT2D eigenvalue weighted by Gasteiger charge is -2.43. The molecule has 4 nitrogen and oxygen atoms in total. The van der Waals surface area contributed by atoms with Crippen LogP contribution in [0, 0.1) is 0 Å². The van der Waals surface area contributed by atoms with Gasteiger partial charge in [-0.2, -0.15) is 4.31 Å². The zero-order valence-electron chi connectivity index (χ0n) is 10.9. The lowest BCUT2D eigenvalue weighted by molar-refractivity contribution is -0.0588. The Bertz CT molecular complexity index is 387. The molecule has 0 aromatic heterocycles. The quantitative estimate of drug-likeness (QED) is 0.772. The van der Waals surface area contributed by atoms with Gasteiger partial charge in [0.25, 0.3) is 0 Å². The fraction of sp³-hybridized carbons (Fsp3) is 1.00. The highest BCUT2D eigenvalue weighted by atomic mass is 32.2. The fourth-order valence-electron chi connectivity index (χ4n) is 3.75. The van der Waals surface area contributed by atoms with Crippen LogP contribution in [0.3, 0.4) is 0 Å². The standard InChI is InChI=1S/C13H23NO3S/c15-18(16,11-5-1-2-6-11)14-9-10-17-13-8-4-3-7-12(13)14/h11-13H,1-10H2. The summed E-state index contributed by atoms with van der Waals surface area (Å²) in [4.78, 5) is 0. The minimum Gasteiger partial charge on any atom is -0.375 e. The van der Waals surface area contributed by atoms with Crippen molar-refractivity contribution in [3.05, 3.63) is 0 Å². The Morgan fingerprint density at radius 2 is 1.61 bits per heavy atom. The van der Waals surface area contributed by atoms with E-state index in [1.54, 1.807) is 4.31 Å². The van der Waals surface area contributed by atoms with Gasteiger partial charge >= 0.3 is 0 Å².